The third kappa shape index (κ3) is 3.49. The van der Waals surface area contributed by atoms with Gasteiger partial charge < -0.3 is 9.47 Å². The van der Waals surface area contributed by atoms with Gasteiger partial charge in [0.25, 0.3) is 10.2 Å². The fourth-order valence-electron chi connectivity index (χ4n) is 3.98. The summed E-state index contributed by atoms with van der Waals surface area (Å²) in [5, 5.41) is 0. The maximum Gasteiger partial charge on any atom is 0.282 e. The number of nitrogens with zero attached hydrogens (tertiary/aromatic N) is 2. The van der Waals surface area contributed by atoms with Crippen LogP contribution in [-0.4, -0.2) is 68.6 Å². The highest BCUT2D eigenvalue weighted by Crippen LogP contribution is 2.35. The van der Waals surface area contributed by atoms with Crippen molar-refractivity contribution in [1.82, 2.24) is 8.61 Å². The average Bonchev–Trinajstić information content (AvgIpc) is 2.97. The molecule has 1 atom stereocenters. The maximum atomic E-state index is 12.9. The van der Waals surface area contributed by atoms with Crippen molar-refractivity contribution in [2.45, 2.75) is 50.7 Å². The smallest absolute Gasteiger partial charge is 0.282 e. The van der Waals surface area contributed by atoms with Crippen LogP contribution in [0.5, 0.6) is 0 Å². The van der Waals surface area contributed by atoms with Crippen LogP contribution >= 0.6 is 0 Å². The molecule has 2 saturated heterocycles. The first-order valence-corrected chi connectivity index (χ1v) is 9.95. The number of methoxy groups -OCH3 is 1. The van der Waals surface area contributed by atoms with Gasteiger partial charge in [0.05, 0.1) is 18.8 Å². The van der Waals surface area contributed by atoms with Crippen LogP contribution in [0.3, 0.4) is 0 Å². The quantitative estimate of drug-likeness (QED) is 0.726. The molecule has 3 aliphatic heterocycles. The largest absolute Gasteiger partial charge is 0.383 e. The molecule has 1 spiro atoms. The molecule has 23 heavy (non-hydrogen) atoms. The van der Waals surface area contributed by atoms with E-state index in [-0.39, 0.29) is 11.6 Å². The SMILES string of the molecule is COCC1CCCN1S(=O)(=O)N1CCC2(C=C(C)CCO2)CC1. The van der Waals surface area contributed by atoms with Gasteiger partial charge in [0.1, 0.15) is 0 Å². The summed E-state index contributed by atoms with van der Waals surface area (Å²) in [7, 11) is -1.76. The molecular weight excluding hydrogens is 316 g/mol. The number of piperidine rings is 1. The lowest BCUT2D eigenvalue weighted by Gasteiger charge is -2.42. The molecule has 0 bridgehead atoms. The van der Waals surface area contributed by atoms with E-state index in [1.165, 1.54) is 5.57 Å². The first-order valence-electron chi connectivity index (χ1n) is 8.55. The van der Waals surface area contributed by atoms with Gasteiger partial charge in [0.2, 0.25) is 0 Å². The van der Waals surface area contributed by atoms with Gasteiger partial charge in [-0.2, -0.15) is 17.0 Å². The van der Waals surface area contributed by atoms with Crippen LogP contribution in [0.2, 0.25) is 0 Å². The van der Waals surface area contributed by atoms with Crippen molar-refractivity contribution in [3.63, 3.8) is 0 Å². The van der Waals surface area contributed by atoms with Crippen molar-refractivity contribution in [1.29, 1.82) is 0 Å². The average molecular weight is 344 g/mol. The Morgan fingerprint density at radius 2 is 2.09 bits per heavy atom. The van der Waals surface area contributed by atoms with E-state index in [9.17, 15) is 8.42 Å². The molecule has 0 aromatic heterocycles. The Labute approximate surface area is 139 Å². The number of hydrogen-bond acceptors (Lipinski definition) is 4. The van der Waals surface area contributed by atoms with E-state index < -0.39 is 10.2 Å². The summed E-state index contributed by atoms with van der Waals surface area (Å²) in [5.41, 5.74) is 1.11. The van der Waals surface area contributed by atoms with Crippen LogP contribution in [0, 0.1) is 0 Å². The van der Waals surface area contributed by atoms with Crippen LogP contribution in [-0.2, 0) is 19.7 Å². The zero-order valence-corrected chi connectivity index (χ0v) is 15.0. The number of ether oxygens (including phenoxy) is 2. The van der Waals surface area contributed by atoms with Gasteiger partial charge in [-0.15, -0.1) is 0 Å². The lowest BCUT2D eigenvalue weighted by atomic mass is 9.88. The van der Waals surface area contributed by atoms with Crippen molar-refractivity contribution < 1.29 is 17.9 Å². The van der Waals surface area contributed by atoms with E-state index in [0.717, 1.165) is 38.7 Å². The fourth-order valence-corrected chi connectivity index (χ4v) is 5.83. The molecule has 0 saturated carbocycles. The van der Waals surface area contributed by atoms with E-state index in [0.29, 0.717) is 26.2 Å². The summed E-state index contributed by atoms with van der Waals surface area (Å²) in [6.45, 7) is 5.02. The minimum absolute atomic E-state index is 0.0195. The molecule has 0 amide bonds. The van der Waals surface area contributed by atoms with E-state index in [2.05, 4.69) is 13.0 Å². The highest BCUT2D eigenvalue weighted by atomic mass is 32.2. The fraction of sp³-hybridized carbons (Fsp3) is 0.875. The number of rotatable bonds is 4. The monoisotopic (exact) mass is 344 g/mol. The summed E-state index contributed by atoms with van der Waals surface area (Å²) in [5.74, 6) is 0. The predicted octanol–water partition coefficient (Wildman–Crippen LogP) is 1.54. The van der Waals surface area contributed by atoms with Crippen LogP contribution in [0.1, 0.15) is 39.0 Å². The summed E-state index contributed by atoms with van der Waals surface area (Å²) >= 11 is 0. The van der Waals surface area contributed by atoms with Gasteiger partial charge >= 0.3 is 0 Å². The Balaban J connectivity index is 1.68. The van der Waals surface area contributed by atoms with Gasteiger partial charge in [0.15, 0.2) is 0 Å². The molecule has 3 aliphatic rings. The molecule has 0 radical (unpaired) electrons. The Morgan fingerprint density at radius 1 is 1.35 bits per heavy atom. The van der Waals surface area contributed by atoms with Crippen molar-refractivity contribution in [2.24, 2.45) is 0 Å². The van der Waals surface area contributed by atoms with Crippen molar-refractivity contribution in [3.05, 3.63) is 11.6 Å². The molecule has 0 aliphatic carbocycles. The molecule has 0 aromatic rings. The summed E-state index contributed by atoms with van der Waals surface area (Å²) in [4.78, 5) is 0. The minimum atomic E-state index is -3.39. The molecule has 2 fully saturated rings. The highest BCUT2D eigenvalue weighted by molar-refractivity contribution is 7.86. The summed E-state index contributed by atoms with van der Waals surface area (Å²) in [6, 6.07) is -0.0195. The standard InChI is InChI=1S/C16H28N2O4S/c1-14-5-11-22-16(12-14)6-9-17(10-7-16)23(19,20)18-8-3-4-15(18)13-21-2/h12,15H,3-11,13H2,1-2H3. The predicted molar refractivity (Wildman–Crippen MR) is 88.4 cm³/mol. The zero-order chi connectivity index (χ0) is 16.5. The molecule has 6 nitrogen and oxygen atoms in total. The van der Waals surface area contributed by atoms with Gasteiger partial charge in [0, 0.05) is 32.8 Å². The van der Waals surface area contributed by atoms with E-state index in [1.54, 1.807) is 15.7 Å². The lowest BCUT2D eigenvalue weighted by molar-refractivity contribution is -0.0468. The molecular formula is C16H28N2O4S. The second-order valence-corrected chi connectivity index (χ2v) is 8.80. The van der Waals surface area contributed by atoms with Crippen LogP contribution < -0.4 is 0 Å². The van der Waals surface area contributed by atoms with Crippen molar-refractivity contribution in [3.8, 4) is 0 Å². The molecule has 3 rings (SSSR count). The highest BCUT2D eigenvalue weighted by Gasteiger charge is 2.43. The van der Waals surface area contributed by atoms with Crippen LogP contribution in [0.4, 0.5) is 0 Å². The second kappa shape index (κ2) is 6.80. The van der Waals surface area contributed by atoms with Gasteiger partial charge in [-0.05, 0) is 39.0 Å². The Hall–Kier alpha value is -0.470. The first-order chi connectivity index (χ1) is 11.0. The molecule has 0 aromatic carbocycles. The third-order valence-corrected chi connectivity index (χ3v) is 7.36. The van der Waals surface area contributed by atoms with Crippen molar-refractivity contribution >= 4 is 10.2 Å². The lowest BCUT2D eigenvalue weighted by Crippen LogP contribution is -2.53. The van der Waals surface area contributed by atoms with E-state index in [4.69, 9.17) is 9.47 Å². The summed E-state index contributed by atoms with van der Waals surface area (Å²) < 4.78 is 40.3. The molecule has 0 N–H and O–H groups in total. The van der Waals surface area contributed by atoms with Gasteiger partial charge in [-0.25, -0.2) is 0 Å². The summed E-state index contributed by atoms with van der Waals surface area (Å²) in [6.07, 6.45) is 6.48. The Kier molecular flexibility index (Phi) is 5.13. The molecule has 7 heteroatoms. The van der Waals surface area contributed by atoms with Gasteiger partial charge in [-0.1, -0.05) is 11.6 Å². The third-order valence-electron chi connectivity index (χ3n) is 5.27. The maximum absolute atomic E-state index is 12.9. The van der Waals surface area contributed by atoms with Gasteiger partial charge in [-0.3, -0.25) is 0 Å². The van der Waals surface area contributed by atoms with E-state index >= 15 is 0 Å². The molecule has 132 valence electrons. The minimum Gasteiger partial charge on any atom is -0.383 e. The first kappa shape index (κ1) is 17.4. The second-order valence-electron chi connectivity index (χ2n) is 6.92. The zero-order valence-electron chi connectivity index (χ0n) is 14.2. The molecule has 1 unspecified atom stereocenters. The Morgan fingerprint density at radius 3 is 2.74 bits per heavy atom. The number of hydrogen-bond donors (Lipinski definition) is 0. The normalized spacial score (nSPS) is 29.8. The van der Waals surface area contributed by atoms with Crippen molar-refractivity contribution in [2.75, 3.05) is 40.0 Å². The topological polar surface area (TPSA) is 59.1 Å². The van der Waals surface area contributed by atoms with Crippen LogP contribution in [0.15, 0.2) is 11.6 Å². The Bertz CT molecular complexity index is 552. The van der Waals surface area contributed by atoms with Crippen LogP contribution in [0.25, 0.3) is 0 Å². The van der Waals surface area contributed by atoms with E-state index in [1.807, 2.05) is 0 Å². The molecule has 3 heterocycles.